The smallest absolute Gasteiger partial charge is 0.103 e. The van der Waals surface area contributed by atoms with Crippen LogP contribution in [-0.2, 0) is 0 Å². The molecule has 3 nitrogen and oxygen atoms in total. The van der Waals surface area contributed by atoms with Gasteiger partial charge in [0.25, 0.3) is 0 Å². The second-order valence-electron chi connectivity index (χ2n) is 4.57. The summed E-state index contributed by atoms with van der Waals surface area (Å²) in [6, 6.07) is 13.0. The van der Waals surface area contributed by atoms with Gasteiger partial charge in [-0.05, 0) is 36.4 Å². The molecule has 0 bridgehead atoms. The molecule has 1 heterocycles. The lowest BCUT2D eigenvalue weighted by Gasteiger charge is -2.13. The Labute approximate surface area is 145 Å². The standard InChI is InChI=1S/C16H8BrCl2N3/c17-10-1-3-14-12(5-10)16(9(7-20)8-21-14)22-15-4-2-11(18)6-13(15)19/h1-6,8H,(H,21,22). The second-order valence-corrected chi connectivity index (χ2v) is 6.33. The van der Waals surface area contributed by atoms with Crippen LogP contribution in [0.1, 0.15) is 5.56 Å². The van der Waals surface area contributed by atoms with E-state index in [1.165, 1.54) is 0 Å². The van der Waals surface area contributed by atoms with E-state index < -0.39 is 0 Å². The number of hydrogen-bond donors (Lipinski definition) is 1. The average Bonchev–Trinajstić information content (AvgIpc) is 2.50. The zero-order valence-corrected chi connectivity index (χ0v) is 14.2. The van der Waals surface area contributed by atoms with E-state index in [9.17, 15) is 5.26 Å². The molecular formula is C16H8BrCl2N3. The first-order valence-electron chi connectivity index (χ1n) is 6.29. The van der Waals surface area contributed by atoms with Gasteiger partial charge in [-0.25, -0.2) is 0 Å². The van der Waals surface area contributed by atoms with Crippen LogP contribution in [0.4, 0.5) is 11.4 Å². The zero-order chi connectivity index (χ0) is 15.7. The van der Waals surface area contributed by atoms with Gasteiger partial charge in [-0.2, -0.15) is 5.26 Å². The quantitative estimate of drug-likeness (QED) is 0.588. The molecule has 0 aliphatic carbocycles. The van der Waals surface area contributed by atoms with Crippen LogP contribution in [0.2, 0.25) is 10.0 Å². The van der Waals surface area contributed by atoms with Gasteiger partial charge in [-0.1, -0.05) is 39.1 Å². The van der Waals surface area contributed by atoms with E-state index in [4.69, 9.17) is 23.2 Å². The van der Waals surface area contributed by atoms with Crippen LogP contribution in [0.5, 0.6) is 0 Å². The molecule has 1 N–H and O–H groups in total. The number of hydrogen-bond acceptors (Lipinski definition) is 3. The van der Waals surface area contributed by atoms with E-state index >= 15 is 0 Å². The maximum atomic E-state index is 9.34. The van der Waals surface area contributed by atoms with Gasteiger partial charge in [0.1, 0.15) is 6.07 Å². The van der Waals surface area contributed by atoms with Crippen LogP contribution in [0.3, 0.4) is 0 Å². The van der Waals surface area contributed by atoms with Gasteiger partial charge in [0, 0.05) is 21.1 Å². The minimum Gasteiger partial charge on any atom is -0.353 e. The van der Waals surface area contributed by atoms with Crippen molar-refractivity contribution in [2.45, 2.75) is 0 Å². The highest BCUT2D eigenvalue weighted by molar-refractivity contribution is 9.10. The third-order valence-electron chi connectivity index (χ3n) is 3.14. The molecule has 0 saturated heterocycles. The minimum atomic E-state index is 0.441. The van der Waals surface area contributed by atoms with Gasteiger partial charge < -0.3 is 5.32 Å². The third kappa shape index (κ3) is 2.89. The Balaban J connectivity index is 2.20. The van der Waals surface area contributed by atoms with Crippen molar-refractivity contribution in [1.29, 1.82) is 5.26 Å². The lowest BCUT2D eigenvalue weighted by atomic mass is 10.1. The van der Waals surface area contributed by atoms with E-state index in [0.717, 1.165) is 15.4 Å². The van der Waals surface area contributed by atoms with Crippen LogP contribution in [0.15, 0.2) is 47.1 Å². The van der Waals surface area contributed by atoms with E-state index in [1.54, 1.807) is 24.4 Å². The largest absolute Gasteiger partial charge is 0.353 e. The highest BCUT2D eigenvalue weighted by atomic mass is 79.9. The fraction of sp³-hybridized carbons (Fsp3) is 0. The summed E-state index contributed by atoms with van der Waals surface area (Å²) in [5.41, 5.74) is 2.57. The molecule has 3 rings (SSSR count). The number of halogens is 3. The number of rotatable bonds is 2. The van der Waals surface area contributed by atoms with E-state index in [2.05, 4.69) is 32.3 Å². The van der Waals surface area contributed by atoms with Crippen molar-refractivity contribution in [2.75, 3.05) is 5.32 Å². The van der Waals surface area contributed by atoms with Crippen molar-refractivity contribution in [3.05, 3.63) is 62.7 Å². The molecule has 22 heavy (non-hydrogen) atoms. The number of nitriles is 1. The molecule has 1 aromatic heterocycles. The van der Waals surface area contributed by atoms with Crippen LogP contribution in [0.25, 0.3) is 10.9 Å². The van der Waals surface area contributed by atoms with Gasteiger partial charge in [-0.3, -0.25) is 4.98 Å². The Morgan fingerprint density at radius 2 is 1.95 bits per heavy atom. The summed E-state index contributed by atoms with van der Waals surface area (Å²) in [5.74, 6) is 0. The van der Waals surface area contributed by atoms with E-state index in [-0.39, 0.29) is 0 Å². The summed E-state index contributed by atoms with van der Waals surface area (Å²) < 4.78 is 0.905. The number of aromatic nitrogens is 1. The fourth-order valence-electron chi connectivity index (χ4n) is 2.11. The SMILES string of the molecule is N#Cc1cnc2ccc(Br)cc2c1Nc1ccc(Cl)cc1Cl. The highest BCUT2D eigenvalue weighted by Crippen LogP contribution is 2.34. The normalized spacial score (nSPS) is 10.5. The number of anilines is 2. The molecule has 3 aromatic rings. The second kappa shape index (κ2) is 6.13. The molecule has 0 aliphatic rings. The average molecular weight is 393 g/mol. The summed E-state index contributed by atoms with van der Waals surface area (Å²) in [6.45, 7) is 0. The van der Waals surface area contributed by atoms with Gasteiger partial charge >= 0.3 is 0 Å². The summed E-state index contributed by atoms with van der Waals surface area (Å²) in [4.78, 5) is 4.29. The Morgan fingerprint density at radius 3 is 2.68 bits per heavy atom. The lowest BCUT2D eigenvalue weighted by molar-refractivity contribution is 1.36. The van der Waals surface area contributed by atoms with Crippen LogP contribution < -0.4 is 5.32 Å². The summed E-state index contributed by atoms with van der Waals surface area (Å²) >= 11 is 15.6. The van der Waals surface area contributed by atoms with Crippen LogP contribution in [-0.4, -0.2) is 4.98 Å². The lowest BCUT2D eigenvalue weighted by Crippen LogP contribution is -1.97. The first-order valence-corrected chi connectivity index (χ1v) is 7.84. The van der Waals surface area contributed by atoms with E-state index in [1.807, 2.05) is 18.2 Å². The van der Waals surface area contributed by atoms with Gasteiger partial charge in [-0.15, -0.1) is 0 Å². The number of nitrogens with zero attached hydrogens (tertiary/aromatic N) is 2. The topological polar surface area (TPSA) is 48.7 Å². The molecule has 0 unspecified atom stereocenters. The zero-order valence-electron chi connectivity index (χ0n) is 11.1. The number of pyridine rings is 1. The molecule has 0 amide bonds. The summed E-state index contributed by atoms with van der Waals surface area (Å²) in [6.07, 6.45) is 1.54. The summed E-state index contributed by atoms with van der Waals surface area (Å²) in [7, 11) is 0. The van der Waals surface area contributed by atoms with Crippen molar-refractivity contribution < 1.29 is 0 Å². The first kappa shape index (κ1) is 15.1. The number of nitrogens with one attached hydrogen (secondary N) is 1. The van der Waals surface area contributed by atoms with Crippen LogP contribution in [0, 0.1) is 11.3 Å². The molecule has 0 radical (unpaired) electrons. The third-order valence-corrected chi connectivity index (χ3v) is 4.18. The predicted octanol–water partition coefficient (Wildman–Crippen LogP) is 5.92. The first-order chi connectivity index (χ1) is 10.6. The van der Waals surface area contributed by atoms with Crippen molar-refractivity contribution in [3.8, 4) is 6.07 Å². The Kier molecular flexibility index (Phi) is 4.21. The monoisotopic (exact) mass is 391 g/mol. The van der Waals surface area contributed by atoms with Gasteiger partial charge in [0.05, 0.1) is 27.5 Å². The number of benzene rings is 2. The maximum Gasteiger partial charge on any atom is 0.103 e. The fourth-order valence-corrected chi connectivity index (χ4v) is 2.93. The maximum absolute atomic E-state index is 9.34. The Hall–Kier alpha value is -1.80. The molecule has 0 fully saturated rings. The number of fused-ring (bicyclic) bond motifs is 1. The van der Waals surface area contributed by atoms with Gasteiger partial charge in [0.2, 0.25) is 0 Å². The minimum absolute atomic E-state index is 0.441. The molecule has 108 valence electrons. The van der Waals surface area contributed by atoms with Crippen molar-refractivity contribution in [2.24, 2.45) is 0 Å². The van der Waals surface area contributed by atoms with E-state index in [0.29, 0.717) is 27.0 Å². The Morgan fingerprint density at radius 1 is 1.14 bits per heavy atom. The molecule has 0 aliphatic heterocycles. The molecule has 0 saturated carbocycles. The Bertz CT molecular complexity index is 919. The summed E-state index contributed by atoms with van der Waals surface area (Å²) in [5, 5.41) is 14.4. The predicted molar refractivity (Wildman–Crippen MR) is 93.9 cm³/mol. The molecule has 0 spiro atoms. The highest BCUT2D eigenvalue weighted by Gasteiger charge is 2.11. The van der Waals surface area contributed by atoms with Crippen molar-refractivity contribution >= 4 is 61.4 Å². The van der Waals surface area contributed by atoms with Crippen molar-refractivity contribution in [3.63, 3.8) is 0 Å². The molecule has 6 heteroatoms. The molecular weight excluding hydrogens is 385 g/mol. The van der Waals surface area contributed by atoms with Crippen molar-refractivity contribution in [1.82, 2.24) is 4.98 Å². The van der Waals surface area contributed by atoms with Gasteiger partial charge in [0.15, 0.2) is 0 Å². The molecule has 0 atom stereocenters. The molecule has 2 aromatic carbocycles. The van der Waals surface area contributed by atoms with Crippen LogP contribution >= 0.6 is 39.1 Å².